The minimum atomic E-state index is 0.00313. The Morgan fingerprint density at radius 3 is 3.05 bits per heavy atom. The summed E-state index contributed by atoms with van der Waals surface area (Å²) in [5.41, 5.74) is 21.2. The number of anilines is 1. The minimum absolute atomic E-state index is 0.00313. The average Bonchev–Trinajstić information content (AvgIpc) is 3.00. The van der Waals surface area contributed by atoms with Crippen LogP contribution in [0.1, 0.15) is 30.7 Å². The van der Waals surface area contributed by atoms with Crippen molar-refractivity contribution in [1.29, 1.82) is 0 Å². The molecule has 1 aromatic carbocycles. The number of oxazole rings is 1. The molecule has 20 heavy (non-hydrogen) atoms. The number of hydrazine groups is 1. The van der Waals surface area contributed by atoms with Gasteiger partial charge in [-0.3, -0.25) is 5.43 Å². The van der Waals surface area contributed by atoms with Gasteiger partial charge in [0.2, 0.25) is 0 Å². The van der Waals surface area contributed by atoms with Crippen molar-refractivity contribution in [2.24, 2.45) is 11.7 Å². The molecule has 6 heteroatoms. The first-order valence-corrected chi connectivity index (χ1v) is 7.15. The summed E-state index contributed by atoms with van der Waals surface area (Å²) >= 11 is 0. The van der Waals surface area contributed by atoms with E-state index in [2.05, 4.69) is 28.0 Å². The molecule has 0 radical (unpaired) electrons. The predicted octanol–water partition coefficient (Wildman–Crippen LogP) is 1.05. The normalized spacial score (nSPS) is 33.5. The van der Waals surface area contributed by atoms with Gasteiger partial charge in [-0.15, -0.1) is 0 Å². The van der Waals surface area contributed by atoms with Crippen LogP contribution in [0.4, 0.5) is 6.01 Å². The third kappa shape index (κ3) is 1.80. The number of nitrogen functional groups attached to an aromatic ring is 1. The van der Waals surface area contributed by atoms with Crippen LogP contribution in [0.15, 0.2) is 22.6 Å². The summed E-state index contributed by atoms with van der Waals surface area (Å²) in [6.07, 6.45) is 3.56. The Kier molecular flexibility index (Phi) is 2.70. The van der Waals surface area contributed by atoms with E-state index in [1.165, 1.54) is 18.4 Å². The van der Waals surface area contributed by atoms with E-state index < -0.39 is 0 Å². The Labute approximate surface area is 116 Å². The first-order valence-electron chi connectivity index (χ1n) is 7.15. The molecular formula is C14H19N5O. The van der Waals surface area contributed by atoms with Gasteiger partial charge in [-0.1, -0.05) is 12.5 Å². The molecule has 106 valence electrons. The number of nitrogens with zero attached hydrogens (tertiary/aromatic N) is 1. The Bertz CT molecular complexity index is 638. The lowest BCUT2D eigenvalue weighted by molar-refractivity contribution is 0.264. The van der Waals surface area contributed by atoms with Gasteiger partial charge < -0.3 is 15.9 Å². The molecular weight excluding hydrogens is 254 g/mol. The Morgan fingerprint density at radius 2 is 2.15 bits per heavy atom. The molecule has 2 heterocycles. The van der Waals surface area contributed by atoms with Gasteiger partial charge in [0.1, 0.15) is 5.52 Å². The Hall–Kier alpha value is -1.63. The van der Waals surface area contributed by atoms with Crippen molar-refractivity contribution in [1.82, 2.24) is 15.8 Å². The Morgan fingerprint density at radius 1 is 1.25 bits per heavy atom. The number of hydrogen-bond donors (Lipinski definition) is 4. The second-order valence-electron chi connectivity index (χ2n) is 5.81. The molecule has 4 rings (SSSR count). The number of hydrogen-bond acceptors (Lipinski definition) is 6. The minimum Gasteiger partial charge on any atom is -0.424 e. The smallest absolute Gasteiger partial charge is 0.292 e. The summed E-state index contributed by atoms with van der Waals surface area (Å²) in [5.74, 6) is 0.874. The largest absolute Gasteiger partial charge is 0.424 e. The molecule has 1 saturated heterocycles. The molecule has 1 aliphatic carbocycles. The number of benzene rings is 1. The first-order chi connectivity index (χ1) is 9.72. The Balaban J connectivity index is 1.73. The maximum absolute atomic E-state index is 6.21. The second kappa shape index (κ2) is 4.44. The van der Waals surface area contributed by atoms with Crippen molar-refractivity contribution in [3.63, 3.8) is 0 Å². The predicted molar refractivity (Wildman–Crippen MR) is 76.5 cm³/mol. The van der Waals surface area contributed by atoms with E-state index in [4.69, 9.17) is 15.9 Å². The highest BCUT2D eigenvalue weighted by atomic mass is 16.4. The molecule has 2 fully saturated rings. The number of aromatic nitrogens is 1. The van der Waals surface area contributed by atoms with Gasteiger partial charge in [0, 0.05) is 12.0 Å². The summed E-state index contributed by atoms with van der Waals surface area (Å²) in [6, 6.07) is 6.85. The fraction of sp³-hybridized carbons (Fsp3) is 0.500. The number of nitrogens with one attached hydrogen (secondary N) is 2. The van der Waals surface area contributed by atoms with Crippen LogP contribution >= 0.6 is 0 Å². The van der Waals surface area contributed by atoms with Crippen molar-refractivity contribution < 1.29 is 4.42 Å². The van der Waals surface area contributed by atoms with Crippen LogP contribution in [-0.4, -0.2) is 17.2 Å². The van der Waals surface area contributed by atoms with E-state index in [0.717, 1.165) is 17.5 Å². The fourth-order valence-corrected chi connectivity index (χ4v) is 3.77. The summed E-state index contributed by atoms with van der Waals surface area (Å²) in [7, 11) is 0. The van der Waals surface area contributed by atoms with Crippen LogP contribution in [-0.2, 0) is 0 Å². The lowest BCUT2D eigenvalue weighted by Gasteiger charge is -2.34. The number of nitrogens with two attached hydrogens (primary N) is 2. The van der Waals surface area contributed by atoms with E-state index in [1.807, 2.05) is 6.07 Å². The van der Waals surface area contributed by atoms with E-state index in [9.17, 15) is 0 Å². The molecule has 6 nitrogen and oxygen atoms in total. The molecule has 1 aliphatic heterocycles. The fourth-order valence-electron chi connectivity index (χ4n) is 3.77. The summed E-state index contributed by atoms with van der Waals surface area (Å²) < 4.78 is 5.34. The molecule has 2 aliphatic rings. The lowest BCUT2D eigenvalue weighted by atomic mass is 9.72. The van der Waals surface area contributed by atoms with Gasteiger partial charge in [-0.2, -0.15) is 4.98 Å². The summed E-state index contributed by atoms with van der Waals surface area (Å²) in [6.45, 7) is 0. The zero-order valence-corrected chi connectivity index (χ0v) is 11.2. The standard InChI is InChI=1S/C14H19N5O/c15-13-12-8(2-1-3-9(12)18-19-13)7-4-5-11-10(6-7)17-14(16)20-11/h4-6,8-9,12-13,18-19H,1-3,15H2,(H2,16,17). The molecule has 6 N–H and O–H groups in total. The van der Waals surface area contributed by atoms with Gasteiger partial charge in [0.15, 0.2) is 5.58 Å². The van der Waals surface area contributed by atoms with E-state index in [1.54, 1.807) is 0 Å². The topological polar surface area (TPSA) is 102 Å². The van der Waals surface area contributed by atoms with Crippen molar-refractivity contribution in [3.8, 4) is 0 Å². The van der Waals surface area contributed by atoms with E-state index in [-0.39, 0.29) is 12.2 Å². The molecule has 0 amide bonds. The molecule has 0 bridgehead atoms. The van der Waals surface area contributed by atoms with Gasteiger partial charge >= 0.3 is 0 Å². The van der Waals surface area contributed by atoms with Gasteiger partial charge in [-0.25, -0.2) is 5.43 Å². The third-order valence-corrected chi connectivity index (χ3v) is 4.67. The molecule has 0 spiro atoms. The maximum atomic E-state index is 6.21. The zero-order valence-electron chi connectivity index (χ0n) is 11.2. The highest BCUT2D eigenvalue weighted by Crippen LogP contribution is 2.41. The zero-order chi connectivity index (χ0) is 13.7. The molecule has 4 unspecified atom stereocenters. The van der Waals surface area contributed by atoms with Crippen molar-refractivity contribution in [2.75, 3.05) is 5.73 Å². The van der Waals surface area contributed by atoms with Crippen LogP contribution in [0.5, 0.6) is 0 Å². The van der Waals surface area contributed by atoms with Crippen LogP contribution in [0.3, 0.4) is 0 Å². The van der Waals surface area contributed by atoms with Crippen LogP contribution in [0, 0.1) is 5.92 Å². The van der Waals surface area contributed by atoms with Crippen molar-refractivity contribution >= 4 is 17.1 Å². The average molecular weight is 273 g/mol. The SMILES string of the molecule is Nc1nc2cc(C3CCCC4NNC(N)C43)ccc2o1. The van der Waals surface area contributed by atoms with Crippen molar-refractivity contribution in [2.45, 2.75) is 37.4 Å². The van der Waals surface area contributed by atoms with Crippen LogP contribution < -0.4 is 22.3 Å². The molecule has 1 saturated carbocycles. The highest BCUT2D eigenvalue weighted by Gasteiger charge is 2.42. The lowest BCUT2D eigenvalue weighted by Crippen LogP contribution is -2.41. The van der Waals surface area contributed by atoms with Crippen LogP contribution in [0.2, 0.25) is 0 Å². The quantitative estimate of drug-likeness (QED) is 0.619. The summed E-state index contributed by atoms with van der Waals surface area (Å²) in [4.78, 5) is 4.22. The molecule has 1 aromatic heterocycles. The maximum Gasteiger partial charge on any atom is 0.292 e. The van der Waals surface area contributed by atoms with Crippen molar-refractivity contribution in [3.05, 3.63) is 23.8 Å². The van der Waals surface area contributed by atoms with E-state index in [0.29, 0.717) is 17.9 Å². The highest BCUT2D eigenvalue weighted by molar-refractivity contribution is 5.75. The summed E-state index contributed by atoms with van der Waals surface area (Å²) in [5, 5.41) is 0. The second-order valence-corrected chi connectivity index (χ2v) is 5.81. The number of rotatable bonds is 1. The van der Waals surface area contributed by atoms with Crippen LogP contribution in [0.25, 0.3) is 11.1 Å². The number of fused-ring (bicyclic) bond motifs is 2. The van der Waals surface area contributed by atoms with Gasteiger partial charge in [0.05, 0.1) is 6.17 Å². The first kappa shape index (κ1) is 12.1. The van der Waals surface area contributed by atoms with E-state index >= 15 is 0 Å². The molecule has 4 atom stereocenters. The third-order valence-electron chi connectivity index (χ3n) is 4.67. The monoisotopic (exact) mass is 273 g/mol. The molecule has 2 aromatic rings. The van der Waals surface area contributed by atoms with Gasteiger partial charge in [0.25, 0.3) is 6.01 Å². The van der Waals surface area contributed by atoms with Gasteiger partial charge in [-0.05, 0) is 36.5 Å².